The number of piperidine rings is 1. The topological polar surface area (TPSA) is 59.0 Å². The van der Waals surface area contributed by atoms with Crippen LogP contribution in [0.3, 0.4) is 0 Å². The Morgan fingerprint density at radius 1 is 1.36 bits per heavy atom. The third-order valence-electron chi connectivity index (χ3n) is 4.62. The van der Waals surface area contributed by atoms with Crippen LogP contribution in [-0.4, -0.2) is 34.9 Å². The minimum absolute atomic E-state index is 0.249. The van der Waals surface area contributed by atoms with Gasteiger partial charge in [-0.3, -0.25) is 9.69 Å². The molecule has 1 aliphatic carbocycles. The van der Waals surface area contributed by atoms with Crippen LogP contribution in [-0.2, 0) is 10.2 Å². The van der Waals surface area contributed by atoms with Crippen LogP contribution in [0.5, 0.6) is 0 Å². The normalized spacial score (nSPS) is 28.5. The van der Waals surface area contributed by atoms with E-state index < -0.39 is 11.7 Å². The number of fused-ring (bicyclic) bond motifs is 1. The lowest BCUT2D eigenvalue weighted by Gasteiger charge is -2.29. The number of amidine groups is 1. The number of hydrogen-bond donors (Lipinski definition) is 0. The molecule has 0 bridgehead atoms. The number of ether oxygens (including phenoxy) is 1. The number of rotatable bonds is 0. The SMILES string of the molecule is CC(C)(C)OC(=O)N1C[C@H]2C[C@@]23C1=NC(=O)c1ccccc13. The fourth-order valence-corrected chi connectivity index (χ4v) is 3.68. The van der Waals surface area contributed by atoms with Crippen LogP contribution in [0, 0.1) is 5.92 Å². The standard InChI is InChI=1S/C17H18N2O3/c1-16(2,3)22-15(21)19-9-10-8-17(10)12-7-5-4-6-11(12)13(20)18-14(17)19/h4-7,10H,8-9H2,1-3H3/t10-,17-/m1/s1. The molecule has 2 atom stereocenters. The molecule has 0 N–H and O–H groups in total. The second kappa shape index (κ2) is 3.97. The number of carbonyl (C=O) groups excluding carboxylic acids is 2. The zero-order valence-corrected chi connectivity index (χ0v) is 12.9. The molecule has 1 aromatic rings. The average Bonchev–Trinajstić information content (AvgIpc) is 3.06. The Labute approximate surface area is 129 Å². The minimum Gasteiger partial charge on any atom is -0.443 e. The zero-order valence-electron chi connectivity index (χ0n) is 12.9. The Balaban J connectivity index is 1.74. The number of nitrogens with zero attached hydrogens (tertiary/aromatic N) is 2. The van der Waals surface area contributed by atoms with Crippen molar-refractivity contribution in [1.29, 1.82) is 0 Å². The molecule has 2 amide bonds. The number of hydrogen-bond acceptors (Lipinski definition) is 3. The minimum atomic E-state index is -0.561. The molecular weight excluding hydrogens is 280 g/mol. The van der Waals surface area contributed by atoms with Crippen molar-refractivity contribution in [1.82, 2.24) is 4.90 Å². The number of likely N-dealkylation sites (tertiary alicyclic amines) is 1. The Morgan fingerprint density at radius 2 is 2.09 bits per heavy atom. The van der Waals surface area contributed by atoms with Gasteiger partial charge in [0.25, 0.3) is 5.91 Å². The van der Waals surface area contributed by atoms with Crippen LogP contribution < -0.4 is 0 Å². The molecule has 2 heterocycles. The zero-order chi connectivity index (χ0) is 15.7. The van der Waals surface area contributed by atoms with Crippen LogP contribution in [0.25, 0.3) is 0 Å². The maximum atomic E-state index is 12.4. The van der Waals surface area contributed by atoms with E-state index in [-0.39, 0.29) is 11.3 Å². The Morgan fingerprint density at radius 3 is 2.82 bits per heavy atom. The number of carbonyl (C=O) groups is 2. The van der Waals surface area contributed by atoms with E-state index >= 15 is 0 Å². The van der Waals surface area contributed by atoms with Gasteiger partial charge in [0.05, 0.1) is 5.41 Å². The van der Waals surface area contributed by atoms with Gasteiger partial charge < -0.3 is 4.74 Å². The third kappa shape index (κ3) is 1.68. The van der Waals surface area contributed by atoms with Gasteiger partial charge in [0, 0.05) is 12.1 Å². The van der Waals surface area contributed by atoms with Crippen molar-refractivity contribution in [3.8, 4) is 0 Å². The first-order valence-corrected chi connectivity index (χ1v) is 7.56. The molecule has 1 saturated carbocycles. The van der Waals surface area contributed by atoms with Gasteiger partial charge in [-0.2, -0.15) is 4.99 Å². The van der Waals surface area contributed by atoms with E-state index in [0.717, 1.165) is 12.0 Å². The van der Waals surface area contributed by atoms with Crippen molar-refractivity contribution < 1.29 is 14.3 Å². The van der Waals surface area contributed by atoms with E-state index in [1.54, 1.807) is 4.90 Å². The predicted octanol–water partition coefficient (Wildman–Crippen LogP) is 2.75. The van der Waals surface area contributed by atoms with E-state index in [2.05, 4.69) is 4.99 Å². The van der Waals surface area contributed by atoms with E-state index in [4.69, 9.17) is 4.74 Å². The lowest BCUT2D eigenvalue weighted by molar-refractivity contribution is 0.0373. The van der Waals surface area contributed by atoms with Crippen LogP contribution in [0.2, 0.25) is 0 Å². The van der Waals surface area contributed by atoms with Crippen molar-refractivity contribution in [3.05, 3.63) is 35.4 Å². The fraction of sp³-hybridized carbons (Fsp3) is 0.471. The molecule has 1 aromatic carbocycles. The van der Waals surface area contributed by atoms with E-state index in [1.807, 2.05) is 45.0 Å². The summed E-state index contributed by atoms with van der Waals surface area (Å²) < 4.78 is 5.45. The molecule has 0 aromatic heterocycles. The summed E-state index contributed by atoms with van der Waals surface area (Å²) in [6.45, 7) is 6.08. The molecule has 5 nitrogen and oxygen atoms in total. The highest BCUT2D eigenvalue weighted by Gasteiger charge is 2.69. The van der Waals surface area contributed by atoms with Crippen molar-refractivity contribution >= 4 is 17.8 Å². The summed E-state index contributed by atoms with van der Waals surface area (Å²) in [5.41, 5.74) is 0.871. The fourth-order valence-electron chi connectivity index (χ4n) is 3.68. The Hall–Kier alpha value is -2.17. The number of amides is 2. The summed E-state index contributed by atoms with van der Waals surface area (Å²) in [7, 11) is 0. The van der Waals surface area contributed by atoms with Crippen LogP contribution in [0.4, 0.5) is 4.79 Å². The molecule has 3 aliphatic rings. The molecule has 2 aliphatic heterocycles. The molecule has 1 saturated heterocycles. The van der Waals surface area contributed by atoms with Crippen LogP contribution in [0.1, 0.15) is 43.1 Å². The highest BCUT2D eigenvalue weighted by atomic mass is 16.6. The van der Waals surface area contributed by atoms with Crippen molar-refractivity contribution in [2.75, 3.05) is 6.54 Å². The average molecular weight is 298 g/mol. The van der Waals surface area contributed by atoms with E-state index in [0.29, 0.717) is 23.9 Å². The van der Waals surface area contributed by atoms with E-state index in [9.17, 15) is 9.59 Å². The van der Waals surface area contributed by atoms with Gasteiger partial charge in [-0.15, -0.1) is 0 Å². The van der Waals surface area contributed by atoms with Crippen molar-refractivity contribution in [2.45, 2.75) is 38.2 Å². The number of aliphatic imine (C=N–C) groups is 1. The maximum absolute atomic E-state index is 12.4. The Bertz CT molecular complexity index is 732. The Kier molecular flexibility index (Phi) is 2.43. The van der Waals surface area contributed by atoms with Gasteiger partial charge >= 0.3 is 6.09 Å². The largest absolute Gasteiger partial charge is 0.443 e. The van der Waals surface area contributed by atoms with Crippen LogP contribution in [0.15, 0.2) is 29.3 Å². The lowest BCUT2D eigenvalue weighted by Crippen LogP contribution is -2.43. The van der Waals surface area contributed by atoms with Gasteiger partial charge in [0.15, 0.2) is 0 Å². The lowest BCUT2D eigenvalue weighted by atomic mass is 9.87. The molecule has 0 unspecified atom stereocenters. The summed E-state index contributed by atoms with van der Waals surface area (Å²) in [4.78, 5) is 30.5. The molecule has 2 fully saturated rings. The second-order valence-electron chi connectivity index (χ2n) is 7.25. The summed E-state index contributed by atoms with van der Waals surface area (Å²) in [5.74, 6) is 0.654. The molecular formula is C17H18N2O3. The summed E-state index contributed by atoms with van der Waals surface area (Å²) in [6, 6.07) is 7.60. The highest BCUT2D eigenvalue weighted by Crippen LogP contribution is 2.62. The highest BCUT2D eigenvalue weighted by molar-refractivity contribution is 6.18. The molecule has 5 heteroatoms. The van der Waals surface area contributed by atoms with Gasteiger partial charge in [-0.05, 0) is 44.7 Å². The van der Waals surface area contributed by atoms with Gasteiger partial charge in [-0.1, -0.05) is 18.2 Å². The van der Waals surface area contributed by atoms with Gasteiger partial charge in [0.2, 0.25) is 0 Å². The molecule has 1 spiro atoms. The molecule has 114 valence electrons. The summed E-state index contributed by atoms with van der Waals surface area (Å²) >= 11 is 0. The first-order chi connectivity index (χ1) is 10.3. The maximum Gasteiger partial charge on any atom is 0.415 e. The number of benzene rings is 1. The van der Waals surface area contributed by atoms with Crippen molar-refractivity contribution in [2.24, 2.45) is 10.9 Å². The van der Waals surface area contributed by atoms with Crippen LogP contribution >= 0.6 is 0 Å². The van der Waals surface area contributed by atoms with E-state index in [1.165, 1.54) is 0 Å². The third-order valence-corrected chi connectivity index (χ3v) is 4.62. The predicted molar refractivity (Wildman–Crippen MR) is 80.9 cm³/mol. The first kappa shape index (κ1) is 13.5. The monoisotopic (exact) mass is 298 g/mol. The molecule has 0 radical (unpaired) electrons. The molecule has 22 heavy (non-hydrogen) atoms. The second-order valence-corrected chi connectivity index (χ2v) is 7.25. The quantitative estimate of drug-likeness (QED) is 0.740. The van der Waals surface area contributed by atoms with Gasteiger partial charge in [0.1, 0.15) is 11.4 Å². The summed E-state index contributed by atoms with van der Waals surface area (Å²) in [5, 5.41) is 0. The smallest absolute Gasteiger partial charge is 0.415 e. The first-order valence-electron chi connectivity index (χ1n) is 7.56. The van der Waals surface area contributed by atoms with Crippen molar-refractivity contribution in [3.63, 3.8) is 0 Å². The molecule has 4 rings (SSSR count). The van der Waals surface area contributed by atoms with Gasteiger partial charge in [-0.25, -0.2) is 4.79 Å². The summed E-state index contributed by atoms with van der Waals surface area (Å²) in [6.07, 6.45) is 0.542.